The molecule has 4 rings (SSSR count). The van der Waals surface area contributed by atoms with Crippen LogP contribution in [0.2, 0.25) is 5.02 Å². The summed E-state index contributed by atoms with van der Waals surface area (Å²) in [5.74, 6) is 0.749. The molecule has 0 aliphatic carbocycles. The second-order valence-corrected chi connectivity index (χ2v) is 8.29. The van der Waals surface area contributed by atoms with E-state index < -0.39 is 6.09 Å². The van der Waals surface area contributed by atoms with Gasteiger partial charge in [-0.2, -0.15) is 0 Å². The average molecular weight is 521 g/mol. The molecule has 0 fully saturated rings. The van der Waals surface area contributed by atoms with Gasteiger partial charge in [0.05, 0.1) is 0 Å². The molecule has 2 N–H and O–H groups in total. The van der Waals surface area contributed by atoms with Crippen molar-refractivity contribution in [3.05, 3.63) is 74.4 Å². The fourth-order valence-electron chi connectivity index (χ4n) is 3.24. The Balaban J connectivity index is 1.35. The number of carbonyl (C=O) groups is 1. The lowest BCUT2D eigenvalue weighted by Crippen LogP contribution is -2.28. The van der Waals surface area contributed by atoms with Crippen LogP contribution in [0.4, 0.5) is 4.79 Å². The Morgan fingerprint density at radius 3 is 2.76 bits per heavy atom. The maximum Gasteiger partial charge on any atom is 0.415 e. The molecule has 0 spiro atoms. The molecule has 0 saturated heterocycles. The number of fused-ring (bicyclic) bond motifs is 1. The number of amides is 1. The maximum absolute atomic E-state index is 12.1. The molecule has 0 aliphatic heterocycles. The zero-order valence-electron chi connectivity index (χ0n) is 15.6. The molecular formula is C22H18ClIN2O3. The molecular weight excluding hydrogens is 503 g/mol. The number of benzene rings is 2. The Labute approximate surface area is 186 Å². The molecule has 29 heavy (non-hydrogen) atoms. The van der Waals surface area contributed by atoms with Crippen molar-refractivity contribution in [3.63, 3.8) is 0 Å². The molecule has 4 aromatic rings. The molecule has 0 unspecified atom stereocenters. The van der Waals surface area contributed by atoms with E-state index in [9.17, 15) is 4.79 Å². The number of nitrogens with one attached hydrogen (secondary N) is 2. The minimum absolute atomic E-state index is 0.144. The number of aromatic amines is 1. The number of aromatic nitrogens is 1. The van der Waals surface area contributed by atoms with Gasteiger partial charge in [-0.05, 0) is 90.0 Å². The first-order valence-electron chi connectivity index (χ1n) is 9.08. The van der Waals surface area contributed by atoms with Gasteiger partial charge in [-0.3, -0.25) is 0 Å². The fourth-order valence-corrected chi connectivity index (χ4v) is 3.86. The number of halogens is 2. The molecule has 0 atom stereocenters. The summed E-state index contributed by atoms with van der Waals surface area (Å²) >= 11 is 8.20. The normalized spacial score (nSPS) is 11.0. The Hall–Kier alpha value is -2.45. The van der Waals surface area contributed by atoms with Gasteiger partial charge in [0.2, 0.25) is 0 Å². The SMILES string of the molecule is Cc1[nH]c2ccc(I)cc2c1CCNC(=O)Oc1ccc(-c2ccc(Cl)cc2)o1. The molecule has 2 heterocycles. The van der Waals surface area contributed by atoms with E-state index >= 15 is 0 Å². The number of ether oxygens (including phenoxy) is 1. The van der Waals surface area contributed by atoms with E-state index in [1.165, 1.54) is 14.5 Å². The lowest BCUT2D eigenvalue weighted by molar-refractivity contribution is 0.188. The van der Waals surface area contributed by atoms with E-state index in [-0.39, 0.29) is 5.95 Å². The van der Waals surface area contributed by atoms with Crippen molar-refractivity contribution in [2.75, 3.05) is 6.54 Å². The number of furan rings is 1. The van der Waals surface area contributed by atoms with Gasteiger partial charge in [0.15, 0.2) is 0 Å². The van der Waals surface area contributed by atoms with Crippen LogP contribution >= 0.6 is 34.2 Å². The van der Waals surface area contributed by atoms with Crippen LogP contribution in [0.5, 0.6) is 5.95 Å². The minimum atomic E-state index is -0.547. The number of hydrogen-bond acceptors (Lipinski definition) is 3. The van der Waals surface area contributed by atoms with Crippen LogP contribution in [-0.2, 0) is 6.42 Å². The van der Waals surface area contributed by atoms with Gasteiger partial charge in [-0.1, -0.05) is 11.6 Å². The van der Waals surface area contributed by atoms with Crippen molar-refractivity contribution in [2.45, 2.75) is 13.3 Å². The van der Waals surface area contributed by atoms with Crippen LogP contribution in [0.25, 0.3) is 22.2 Å². The van der Waals surface area contributed by atoms with Crippen LogP contribution in [-0.4, -0.2) is 17.6 Å². The highest BCUT2D eigenvalue weighted by atomic mass is 127. The predicted molar refractivity (Wildman–Crippen MR) is 123 cm³/mol. The molecule has 5 nitrogen and oxygen atoms in total. The first-order chi connectivity index (χ1) is 14.0. The molecule has 0 bridgehead atoms. The van der Waals surface area contributed by atoms with Gasteiger partial charge in [0.25, 0.3) is 5.95 Å². The molecule has 0 radical (unpaired) electrons. The zero-order valence-corrected chi connectivity index (χ0v) is 18.5. The van der Waals surface area contributed by atoms with Crippen LogP contribution in [0.15, 0.2) is 59.0 Å². The van der Waals surface area contributed by atoms with Crippen molar-refractivity contribution in [3.8, 4) is 17.3 Å². The molecule has 7 heteroatoms. The Morgan fingerprint density at radius 2 is 1.97 bits per heavy atom. The largest absolute Gasteiger partial charge is 0.425 e. The van der Waals surface area contributed by atoms with Gasteiger partial charge in [-0.15, -0.1) is 0 Å². The fraction of sp³-hybridized carbons (Fsp3) is 0.136. The molecule has 148 valence electrons. The van der Waals surface area contributed by atoms with Crippen LogP contribution in [0.3, 0.4) is 0 Å². The molecule has 2 aromatic heterocycles. The third-order valence-electron chi connectivity index (χ3n) is 4.63. The molecule has 0 saturated carbocycles. The van der Waals surface area contributed by atoms with Crippen molar-refractivity contribution in [2.24, 2.45) is 0 Å². The highest BCUT2D eigenvalue weighted by molar-refractivity contribution is 14.1. The smallest absolute Gasteiger partial charge is 0.415 e. The summed E-state index contributed by atoms with van der Waals surface area (Å²) in [6, 6.07) is 16.9. The quantitative estimate of drug-likeness (QED) is 0.302. The van der Waals surface area contributed by atoms with E-state index in [0.29, 0.717) is 23.7 Å². The van der Waals surface area contributed by atoms with Gasteiger partial charge in [0.1, 0.15) is 5.76 Å². The van der Waals surface area contributed by atoms with Crippen LogP contribution < -0.4 is 10.1 Å². The standard InChI is InChI=1S/C22H18ClIN2O3/c1-13-17(18-12-16(24)6-7-19(18)26-13)10-11-25-22(27)29-21-9-8-20(28-21)14-2-4-15(23)5-3-14/h2-9,12,26H,10-11H2,1H3,(H,25,27). The zero-order chi connectivity index (χ0) is 20.4. The Morgan fingerprint density at radius 1 is 1.17 bits per heavy atom. The third-order valence-corrected chi connectivity index (χ3v) is 5.55. The van der Waals surface area contributed by atoms with Gasteiger partial charge >= 0.3 is 6.09 Å². The molecule has 1 amide bonds. The lowest BCUT2D eigenvalue weighted by Gasteiger charge is -2.05. The van der Waals surface area contributed by atoms with Crippen LogP contribution in [0.1, 0.15) is 11.3 Å². The van der Waals surface area contributed by atoms with Crippen molar-refractivity contribution < 1.29 is 13.9 Å². The first kappa shape index (κ1) is 19.8. The van der Waals surface area contributed by atoms with E-state index in [1.54, 1.807) is 24.3 Å². The van der Waals surface area contributed by atoms with E-state index in [1.807, 2.05) is 19.1 Å². The first-order valence-corrected chi connectivity index (χ1v) is 10.5. The van der Waals surface area contributed by atoms with Gasteiger partial charge in [-0.25, -0.2) is 4.79 Å². The Kier molecular flexibility index (Phi) is 5.82. The lowest BCUT2D eigenvalue weighted by atomic mass is 10.1. The number of rotatable bonds is 5. The molecule has 0 aliphatic rings. The minimum Gasteiger partial charge on any atom is -0.425 e. The summed E-state index contributed by atoms with van der Waals surface area (Å²) in [5, 5.41) is 4.61. The second-order valence-electron chi connectivity index (χ2n) is 6.61. The van der Waals surface area contributed by atoms with Crippen molar-refractivity contribution >= 4 is 51.2 Å². The monoisotopic (exact) mass is 520 g/mol. The van der Waals surface area contributed by atoms with E-state index in [0.717, 1.165) is 16.8 Å². The van der Waals surface area contributed by atoms with Gasteiger partial charge < -0.3 is 19.5 Å². The summed E-state index contributed by atoms with van der Waals surface area (Å²) in [6.07, 6.45) is 0.156. The summed E-state index contributed by atoms with van der Waals surface area (Å²) in [6.45, 7) is 2.50. The highest BCUT2D eigenvalue weighted by Crippen LogP contribution is 2.27. The maximum atomic E-state index is 12.1. The van der Waals surface area contributed by atoms with Crippen molar-refractivity contribution in [1.82, 2.24) is 10.3 Å². The summed E-state index contributed by atoms with van der Waals surface area (Å²) in [7, 11) is 0. The summed E-state index contributed by atoms with van der Waals surface area (Å²) in [4.78, 5) is 15.5. The number of aryl methyl sites for hydroxylation is 1. The van der Waals surface area contributed by atoms with Crippen molar-refractivity contribution in [1.29, 1.82) is 0 Å². The number of hydrogen-bond donors (Lipinski definition) is 2. The molecule has 2 aromatic carbocycles. The average Bonchev–Trinajstić information content (AvgIpc) is 3.27. The second kappa shape index (κ2) is 8.51. The van der Waals surface area contributed by atoms with Gasteiger partial charge in [0, 0.05) is 43.4 Å². The van der Waals surface area contributed by atoms with E-state index in [2.05, 4.69) is 51.1 Å². The van der Waals surface area contributed by atoms with E-state index in [4.69, 9.17) is 20.8 Å². The summed E-state index contributed by atoms with van der Waals surface area (Å²) in [5.41, 5.74) is 4.26. The van der Waals surface area contributed by atoms with Crippen LogP contribution in [0, 0.1) is 10.5 Å². The topological polar surface area (TPSA) is 67.3 Å². The third kappa shape index (κ3) is 4.59. The number of carbonyl (C=O) groups excluding carboxylic acids is 1. The number of H-pyrrole nitrogens is 1. The highest BCUT2D eigenvalue weighted by Gasteiger charge is 2.12. The predicted octanol–water partition coefficient (Wildman–Crippen LogP) is 6.33. The Bertz CT molecular complexity index is 1160. The summed E-state index contributed by atoms with van der Waals surface area (Å²) < 4.78 is 12.0.